The lowest BCUT2D eigenvalue weighted by Crippen LogP contribution is -2.44. The zero-order valence-corrected chi connectivity index (χ0v) is 16.6. The van der Waals surface area contributed by atoms with Gasteiger partial charge in [0, 0.05) is 12.6 Å². The van der Waals surface area contributed by atoms with Gasteiger partial charge in [0.25, 0.3) is 5.91 Å². The highest BCUT2D eigenvalue weighted by Gasteiger charge is 2.24. The summed E-state index contributed by atoms with van der Waals surface area (Å²) < 4.78 is 6.38. The Labute approximate surface area is 165 Å². The lowest BCUT2D eigenvalue weighted by Gasteiger charge is -2.33. The average Bonchev–Trinajstić information content (AvgIpc) is 3.33. The third-order valence-corrected chi connectivity index (χ3v) is 7.03. The van der Waals surface area contributed by atoms with E-state index >= 15 is 0 Å². The SMILES string of the molecule is C[C@H]1CCCCN1C(=O)COC(=O)c1ccc(-c2nc3ccccc3s2)s1. The minimum absolute atomic E-state index is 0.112. The monoisotopic (exact) mass is 400 g/mol. The molecule has 0 radical (unpaired) electrons. The van der Waals surface area contributed by atoms with E-state index in [-0.39, 0.29) is 18.6 Å². The lowest BCUT2D eigenvalue weighted by atomic mass is 10.0. The van der Waals surface area contributed by atoms with Gasteiger partial charge in [-0.1, -0.05) is 12.1 Å². The number of rotatable bonds is 4. The van der Waals surface area contributed by atoms with E-state index in [9.17, 15) is 9.59 Å². The molecular formula is C20H20N2O3S2. The van der Waals surface area contributed by atoms with Crippen LogP contribution in [0.15, 0.2) is 36.4 Å². The van der Waals surface area contributed by atoms with Crippen LogP contribution in [-0.2, 0) is 9.53 Å². The summed E-state index contributed by atoms with van der Waals surface area (Å²) >= 11 is 2.94. The van der Waals surface area contributed by atoms with Gasteiger partial charge in [0.05, 0.1) is 15.1 Å². The summed E-state index contributed by atoms with van der Waals surface area (Å²) in [5.41, 5.74) is 0.955. The molecule has 0 aliphatic carbocycles. The van der Waals surface area contributed by atoms with Crippen molar-refractivity contribution in [3.8, 4) is 9.88 Å². The number of hydrogen-bond acceptors (Lipinski definition) is 6. The maximum Gasteiger partial charge on any atom is 0.348 e. The minimum atomic E-state index is -0.453. The third kappa shape index (κ3) is 3.89. The number of ether oxygens (including phenoxy) is 1. The molecule has 1 fully saturated rings. The average molecular weight is 401 g/mol. The first-order valence-corrected chi connectivity index (χ1v) is 10.7. The smallest absolute Gasteiger partial charge is 0.348 e. The molecule has 0 N–H and O–H groups in total. The van der Waals surface area contributed by atoms with E-state index < -0.39 is 5.97 Å². The first-order chi connectivity index (χ1) is 13.1. The van der Waals surface area contributed by atoms with E-state index in [4.69, 9.17) is 4.74 Å². The zero-order chi connectivity index (χ0) is 18.8. The van der Waals surface area contributed by atoms with Crippen LogP contribution in [0.1, 0.15) is 35.9 Å². The topological polar surface area (TPSA) is 59.5 Å². The van der Waals surface area contributed by atoms with Gasteiger partial charge < -0.3 is 9.64 Å². The summed E-state index contributed by atoms with van der Waals surface area (Å²) in [5.74, 6) is -0.566. The molecule has 0 unspecified atom stereocenters. The van der Waals surface area contributed by atoms with E-state index in [1.165, 1.54) is 11.3 Å². The molecule has 7 heteroatoms. The van der Waals surface area contributed by atoms with Gasteiger partial charge in [0.2, 0.25) is 0 Å². The molecule has 1 aromatic carbocycles. The fraction of sp³-hybridized carbons (Fsp3) is 0.350. The van der Waals surface area contributed by atoms with E-state index in [1.807, 2.05) is 42.2 Å². The van der Waals surface area contributed by atoms with E-state index in [1.54, 1.807) is 17.4 Å². The highest BCUT2D eigenvalue weighted by atomic mass is 32.1. The molecule has 1 amide bonds. The van der Waals surface area contributed by atoms with Crippen LogP contribution >= 0.6 is 22.7 Å². The molecule has 5 nitrogen and oxygen atoms in total. The maximum absolute atomic E-state index is 12.3. The number of carbonyl (C=O) groups excluding carboxylic acids is 2. The fourth-order valence-corrected chi connectivity index (χ4v) is 5.21. The van der Waals surface area contributed by atoms with Crippen molar-refractivity contribution in [1.29, 1.82) is 0 Å². The lowest BCUT2D eigenvalue weighted by molar-refractivity contribution is -0.137. The number of amides is 1. The highest BCUT2D eigenvalue weighted by molar-refractivity contribution is 7.26. The molecule has 1 atom stereocenters. The Balaban J connectivity index is 1.40. The van der Waals surface area contributed by atoms with Crippen molar-refractivity contribution in [2.45, 2.75) is 32.2 Å². The van der Waals surface area contributed by atoms with Crippen molar-refractivity contribution >= 4 is 44.8 Å². The first-order valence-electron chi connectivity index (χ1n) is 9.04. The number of fused-ring (bicyclic) bond motifs is 1. The Morgan fingerprint density at radius 1 is 1.19 bits per heavy atom. The van der Waals surface area contributed by atoms with Crippen LogP contribution in [0.2, 0.25) is 0 Å². The Morgan fingerprint density at radius 2 is 2.04 bits per heavy atom. The number of aromatic nitrogens is 1. The number of benzene rings is 1. The van der Waals surface area contributed by atoms with Gasteiger partial charge in [-0.2, -0.15) is 0 Å². The van der Waals surface area contributed by atoms with Crippen molar-refractivity contribution in [2.24, 2.45) is 0 Å². The molecule has 1 aliphatic heterocycles. The minimum Gasteiger partial charge on any atom is -0.451 e. The van der Waals surface area contributed by atoms with Crippen LogP contribution in [0.4, 0.5) is 0 Å². The van der Waals surface area contributed by atoms with Crippen molar-refractivity contribution < 1.29 is 14.3 Å². The zero-order valence-electron chi connectivity index (χ0n) is 15.0. The van der Waals surface area contributed by atoms with Gasteiger partial charge in [-0.25, -0.2) is 9.78 Å². The molecule has 3 aromatic rings. The van der Waals surface area contributed by atoms with Crippen LogP contribution in [0.25, 0.3) is 20.1 Å². The Hall–Kier alpha value is -2.25. The van der Waals surface area contributed by atoms with Gasteiger partial charge in [-0.3, -0.25) is 4.79 Å². The van der Waals surface area contributed by atoms with Crippen molar-refractivity contribution in [3.63, 3.8) is 0 Å². The molecule has 0 spiro atoms. The van der Waals surface area contributed by atoms with Gasteiger partial charge in [-0.15, -0.1) is 22.7 Å². The molecule has 27 heavy (non-hydrogen) atoms. The van der Waals surface area contributed by atoms with Crippen LogP contribution in [0, 0.1) is 0 Å². The van der Waals surface area contributed by atoms with E-state index in [0.29, 0.717) is 4.88 Å². The van der Waals surface area contributed by atoms with Crippen molar-refractivity contribution in [1.82, 2.24) is 9.88 Å². The number of hydrogen-bond donors (Lipinski definition) is 0. The van der Waals surface area contributed by atoms with E-state index in [2.05, 4.69) is 4.98 Å². The highest BCUT2D eigenvalue weighted by Crippen LogP contribution is 2.34. The van der Waals surface area contributed by atoms with Gasteiger partial charge in [-0.05, 0) is 50.5 Å². The summed E-state index contributed by atoms with van der Waals surface area (Å²) in [4.78, 5) is 32.5. The molecule has 3 heterocycles. The Bertz CT molecular complexity index is 945. The second kappa shape index (κ2) is 7.78. The molecule has 1 aliphatic rings. The molecule has 0 saturated carbocycles. The quantitative estimate of drug-likeness (QED) is 0.602. The second-order valence-corrected chi connectivity index (χ2v) is 8.77. The largest absolute Gasteiger partial charge is 0.451 e. The predicted molar refractivity (Wildman–Crippen MR) is 108 cm³/mol. The molecular weight excluding hydrogens is 380 g/mol. The number of thiazole rings is 1. The molecule has 1 saturated heterocycles. The van der Waals surface area contributed by atoms with Crippen molar-refractivity contribution in [3.05, 3.63) is 41.3 Å². The first kappa shape index (κ1) is 18.1. The summed E-state index contributed by atoms with van der Waals surface area (Å²) in [6.45, 7) is 2.60. The standard InChI is InChI=1S/C20H20N2O3S2/c1-13-6-4-5-11-22(13)18(23)12-25-20(24)17-10-9-16(26-17)19-21-14-7-2-3-8-15(14)27-19/h2-3,7-10,13H,4-6,11-12H2,1H3/t13-/m0/s1. The van der Waals surface area contributed by atoms with Crippen molar-refractivity contribution in [2.75, 3.05) is 13.2 Å². The van der Waals surface area contributed by atoms with Gasteiger partial charge in [0.15, 0.2) is 6.61 Å². The molecule has 4 rings (SSSR count). The summed E-state index contributed by atoms with van der Waals surface area (Å²) in [6, 6.07) is 11.8. The van der Waals surface area contributed by atoms with Gasteiger partial charge in [0.1, 0.15) is 9.88 Å². The van der Waals surface area contributed by atoms with Crippen LogP contribution in [0.5, 0.6) is 0 Å². The Morgan fingerprint density at radius 3 is 2.85 bits per heavy atom. The number of likely N-dealkylation sites (tertiary alicyclic amines) is 1. The molecule has 2 aromatic heterocycles. The predicted octanol–water partition coefficient (Wildman–Crippen LogP) is 4.58. The normalized spacial score (nSPS) is 17.2. The number of nitrogens with zero attached hydrogens (tertiary/aromatic N) is 2. The summed E-state index contributed by atoms with van der Waals surface area (Å²) in [6.07, 6.45) is 3.17. The van der Waals surface area contributed by atoms with Crippen LogP contribution < -0.4 is 0 Å². The number of thiophene rings is 1. The van der Waals surface area contributed by atoms with Gasteiger partial charge >= 0.3 is 5.97 Å². The number of esters is 1. The number of para-hydroxylation sites is 1. The summed E-state index contributed by atoms with van der Waals surface area (Å²) in [5, 5.41) is 0.887. The fourth-order valence-electron chi connectivity index (χ4n) is 3.29. The second-order valence-electron chi connectivity index (χ2n) is 6.66. The summed E-state index contributed by atoms with van der Waals surface area (Å²) in [7, 11) is 0. The third-order valence-electron chi connectivity index (χ3n) is 4.76. The van der Waals surface area contributed by atoms with Crippen LogP contribution in [-0.4, -0.2) is 41.0 Å². The molecule has 140 valence electrons. The number of piperidine rings is 1. The number of carbonyl (C=O) groups is 2. The van der Waals surface area contributed by atoms with Crippen LogP contribution in [0.3, 0.4) is 0 Å². The van der Waals surface area contributed by atoms with E-state index in [0.717, 1.165) is 45.9 Å². The molecule has 0 bridgehead atoms. The Kier molecular flexibility index (Phi) is 5.22. The maximum atomic E-state index is 12.3.